The van der Waals surface area contributed by atoms with E-state index in [-0.39, 0.29) is 0 Å². The molecule has 0 amide bonds. The number of halogens is 2. The molecule has 0 unspecified atom stereocenters. The van der Waals surface area contributed by atoms with Gasteiger partial charge in [-0.2, -0.15) is 0 Å². The van der Waals surface area contributed by atoms with Crippen molar-refractivity contribution in [1.82, 2.24) is 0 Å². The van der Waals surface area contributed by atoms with E-state index in [1.54, 1.807) is 6.08 Å². The average Bonchev–Trinajstić information content (AvgIpc) is 1.89. The molecule has 0 aliphatic rings. The molecule has 0 fully saturated rings. The standard InChI is InChI=1S/C6H12Cl2OSi/c1-2-6(7,8)4-3-5-9-10/h2H,1,3-5H2,10H3. The van der Waals surface area contributed by atoms with Gasteiger partial charge in [0.15, 0.2) is 0 Å². The van der Waals surface area contributed by atoms with Crippen LogP contribution in [-0.4, -0.2) is 21.4 Å². The highest BCUT2D eigenvalue weighted by molar-refractivity contribution is 6.49. The Morgan fingerprint density at radius 3 is 2.60 bits per heavy atom. The molecule has 0 saturated heterocycles. The van der Waals surface area contributed by atoms with Gasteiger partial charge < -0.3 is 4.43 Å². The minimum absolute atomic E-state index is 0.710. The van der Waals surface area contributed by atoms with Crippen LogP contribution in [-0.2, 0) is 4.43 Å². The molecule has 0 N–H and O–H groups in total. The fourth-order valence-corrected chi connectivity index (χ4v) is 1.11. The Morgan fingerprint density at radius 2 is 2.20 bits per heavy atom. The van der Waals surface area contributed by atoms with E-state index in [4.69, 9.17) is 27.6 Å². The van der Waals surface area contributed by atoms with E-state index in [0.717, 1.165) is 23.5 Å². The van der Waals surface area contributed by atoms with E-state index in [1.807, 2.05) is 0 Å². The maximum absolute atomic E-state index is 5.76. The Labute approximate surface area is 74.9 Å². The van der Waals surface area contributed by atoms with Gasteiger partial charge in [-0.05, 0) is 12.8 Å². The second kappa shape index (κ2) is 5.19. The van der Waals surface area contributed by atoms with E-state index >= 15 is 0 Å². The first kappa shape index (κ1) is 10.5. The number of alkyl halides is 2. The first-order chi connectivity index (χ1) is 4.62. The normalized spacial score (nSPS) is 11.8. The number of allylic oxidation sites excluding steroid dienone is 1. The predicted molar refractivity (Wildman–Crippen MR) is 49.8 cm³/mol. The molecule has 1 nitrogen and oxygen atoms in total. The topological polar surface area (TPSA) is 9.23 Å². The summed E-state index contributed by atoms with van der Waals surface area (Å²) in [6, 6.07) is 0. The molecule has 0 aromatic carbocycles. The zero-order chi connectivity index (χ0) is 8.04. The summed E-state index contributed by atoms with van der Waals surface area (Å²) >= 11 is 11.5. The van der Waals surface area contributed by atoms with Crippen molar-refractivity contribution in [3.8, 4) is 0 Å². The second-order valence-corrected chi connectivity index (χ2v) is 4.18. The number of hydrogen-bond donors (Lipinski definition) is 0. The van der Waals surface area contributed by atoms with Crippen LogP contribution in [0.15, 0.2) is 12.7 Å². The van der Waals surface area contributed by atoms with Gasteiger partial charge in [0.1, 0.15) is 14.8 Å². The summed E-state index contributed by atoms with van der Waals surface area (Å²) < 4.78 is 4.21. The summed E-state index contributed by atoms with van der Waals surface area (Å²) in [6.45, 7) is 4.27. The van der Waals surface area contributed by atoms with Gasteiger partial charge >= 0.3 is 0 Å². The molecular weight excluding hydrogens is 187 g/mol. The summed E-state index contributed by atoms with van der Waals surface area (Å²) in [5.74, 6) is 0. The van der Waals surface area contributed by atoms with Gasteiger partial charge in [-0.25, -0.2) is 0 Å². The lowest BCUT2D eigenvalue weighted by molar-refractivity contribution is 0.335. The molecule has 0 heterocycles. The van der Waals surface area contributed by atoms with Crippen LogP contribution >= 0.6 is 23.2 Å². The molecule has 0 aliphatic heterocycles. The highest BCUT2D eigenvalue weighted by Crippen LogP contribution is 2.27. The third-order valence-corrected chi connectivity index (χ3v) is 2.25. The molecule has 0 rings (SSSR count). The van der Waals surface area contributed by atoms with Gasteiger partial charge in [0, 0.05) is 6.61 Å². The Bertz CT molecular complexity index is 106. The molecular formula is C6H12Cl2OSi. The Kier molecular flexibility index (Phi) is 5.45. The van der Waals surface area contributed by atoms with Crippen LogP contribution in [0, 0.1) is 0 Å². The van der Waals surface area contributed by atoms with Crippen molar-refractivity contribution in [2.24, 2.45) is 0 Å². The third kappa shape index (κ3) is 5.29. The lowest BCUT2D eigenvalue weighted by atomic mass is 10.2. The highest BCUT2D eigenvalue weighted by atomic mass is 35.5. The monoisotopic (exact) mass is 198 g/mol. The van der Waals surface area contributed by atoms with Gasteiger partial charge in [-0.3, -0.25) is 0 Å². The average molecular weight is 199 g/mol. The molecule has 0 atom stereocenters. The van der Waals surface area contributed by atoms with Gasteiger partial charge in [0.2, 0.25) is 0 Å². The molecule has 0 spiro atoms. The van der Waals surface area contributed by atoms with Crippen LogP contribution in [0.4, 0.5) is 0 Å². The van der Waals surface area contributed by atoms with Crippen LogP contribution in [0.2, 0.25) is 0 Å². The van der Waals surface area contributed by atoms with Crippen molar-refractivity contribution in [1.29, 1.82) is 0 Å². The first-order valence-electron chi connectivity index (χ1n) is 3.13. The Hall–Kier alpha value is 0.497. The lowest BCUT2D eigenvalue weighted by Crippen LogP contribution is -2.08. The largest absolute Gasteiger partial charge is 0.428 e. The van der Waals surface area contributed by atoms with Crippen LogP contribution in [0.25, 0.3) is 0 Å². The van der Waals surface area contributed by atoms with E-state index in [9.17, 15) is 0 Å². The molecule has 0 aliphatic carbocycles. The summed E-state index contributed by atoms with van der Waals surface area (Å²) in [6.07, 6.45) is 3.15. The second-order valence-electron chi connectivity index (χ2n) is 2.06. The molecule has 0 bridgehead atoms. The summed E-state index contributed by atoms with van der Waals surface area (Å²) in [5, 5.41) is 0. The number of hydrogen-bond acceptors (Lipinski definition) is 1. The zero-order valence-electron chi connectivity index (χ0n) is 6.07. The zero-order valence-corrected chi connectivity index (χ0v) is 9.58. The minimum Gasteiger partial charge on any atom is -0.428 e. The fraction of sp³-hybridized carbons (Fsp3) is 0.667. The highest BCUT2D eigenvalue weighted by Gasteiger charge is 2.17. The quantitative estimate of drug-likeness (QED) is 0.281. The van der Waals surface area contributed by atoms with Gasteiger partial charge in [-0.1, -0.05) is 29.3 Å². The van der Waals surface area contributed by atoms with Crippen LogP contribution in [0.3, 0.4) is 0 Å². The van der Waals surface area contributed by atoms with Crippen LogP contribution in [0.5, 0.6) is 0 Å². The number of rotatable bonds is 5. The van der Waals surface area contributed by atoms with Crippen molar-refractivity contribution < 1.29 is 4.43 Å². The fourth-order valence-electron chi connectivity index (χ4n) is 0.554. The maximum Gasteiger partial charge on any atom is 0.145 e. The summed E-state index contributed by atoms with van der Waals surface area (Å²) in [5.41, 5.74) is 0. The van der Waals surface area contributed by atoms with Crippen molar-refractivity contribution in [3.63, 3.8) is 0 Å². The minimum atomic E-state index is -0.764. The van der Waals surface area contributed by atoms with Crippen molar-refractivity contribution >= 4 is 33.7 Å². The van der Waals surface area contributed by atoms with E-state index in [2.05, 4.69) is 6.58 Å². The van der Waals surface area contributed by atoms with Crippen molar-refractivity contribution in [3.05, 3.63) is 12.7 Å². The van der Waals surface area contributed by atoms with E-state index < -0.39 is 4.33 Å². The lowest BCUT2D eigenvalue weighted by Gasteiger charge is -2.12. The summed E-state index contributed by atoms with van der Waals surface area (Å²) in [7, 11) is 0.780. The molecule has 4 heteroatoms. The molecule has 0 radical (unpaired) electrons. The van der Waals surface area contributed by atoms with Crippen LogP contribution in [0.1, 0.15) is 12.8 Å². The van der Waals surface area contributed by atoms with Gasteiger partial charge in [0.05, 0.1) is 0 Å². The van der Waals surface area contributed by atoms with Gasteiger partial charge in [0.25, 0.3) is 0 Å². The van der Waals surface area contributed by atoms with Crippen molar-refractivity contribution in [2.75, 3.05) is 6.61 Å². The van der Waals surface area contributed by atoms with E-state index in [1.165, 1.54) is 0 Å². The third-order valence-electron chi connectivity index (χ3n) is 1.16. The van der Waals surface area contributed by atoms with Gasteiger partial charge in [-0.15, -0.1) is 6.58 Å². The molecule has 60 valence electrons. The molecule has 10 heavy (non-hydrogen) atoms. The first-order valence-corrected chi connectivity index (χ1v) is 4.70. The SMILES string of the molecule is C=CC(Cl)(Cl)CCCO[SiH3]. The predicted octanol–water partition coefficient (Wildman–Crippen LogP) is 1.42. The Balaban J connectivity index is 3.37. The smallest absolute Gasteiger partial charge is 0.145 e. The maximum atomic E-state index is 5.76. The van der Waals surface area contributed by atoms with Crippen LogP contribution < -0.4 is 0 Å². The van der Waals surface area contributed by atoms with E-state index in [0.29, 0.717) is 6.42 Å². The molecule has 0 saturated carbocycles. The van der Waals surface area contributed by atoms with Crippen molar-refractivity contribution in [2.45, 2.75) is 17.2 Å². The Morgan fingerprint density at radius 1 is 1.60 bits per heavy atom. The molecule has 0 aromatic heterocycles. The summed E-state index contributed by atoms with van der Waals surface area (Å²) in [4.78, 5) is 0. The molecule has 0 aromatic rings.